The number of carbonyl (C=O) groups is 9. The minimum atomic E-state index is -1.32. The number of fused-ring (bicyclic) bond motifs is 3. The molecule has 0 radical (unpaired) electrons. The molecule has 0 aliphatic carbocycles. The molecule has 23 nitrogen and oxygen atoms in total. The van der Waals surface area contributed by atoms with E-state index in [-0.39, 0.29) is 89.5 Å². The Morgan fingerprint density at radius 3 is 1.47 bits per heavy atom. The van der Waals surface area contributed by atoms with Crippen LogP contribution in [0.15, 0.2) is 38.0 Å². The molecule has 9 saturated heterocycles. The number of hydrogen-bond donors (Lipinski definition) is 3. The van der Waals surface area contributed by atoms with Gasteiger partial charge in [-0.15, -0.1) is 19.7 Å². The molecule has 9 heterocycles. The van der Waals surface area contributed by atoms with E-state index in [9.17, 15) is 48.3 Å². The number of carbonyl (C=O) groups excluding carboxylic acids is 7. The molecule has 9 atom stereocenters. The number of amides is 2. The minimum absolute atomic E-state index is 0. The largest absolute Gasteiger partial charge is 1.00 e. The second kappa shape index (κ2) is 28.6. The summed E-state index contributed by atoms with van der Waals surface area (Å²) in [5.74, 6) is -2.36. The molecule has 0 aromatic rings. The van der Waals surface area contributed by atoms with Crippen LogP contribution in [0.25, 0.3) is 0 Å². The van der Waals surface area contributed by atoms with Crippen LogP contribution in [0.3, 0.4) is 0 Å². The number of aliphatic carboxylic acids is 2. The molecule has 0 aromatic carbocycles. The van der Waals surface area contributed by atoms with Crippen LogP contribution in [0.1, 0.15) is 146 Å². The number of likely N-dealkylation sites (tertiary alicyclic amines) is 2. The fraction of sp³-hybridized carbons (Fsp3) is 0.722. The van der Waals surface area contributed by atoms with Crippen molar-refractivity contribution >= 4 is 54.1 Å². The molecule has 4 N–H and O–H groups in total. The van der Waals surface area contributed by atoms with E-state index < -0.39 is 57.5 Å². The molecule has 78 heavy (non-hydrogen) atoms. The zero-order valence-electron chi connectivity index (χ0n) is 47.8. The van der Waals surface area contributed by atoms with Gasteiger partial charge < -0.3 is 49.5 Å². The number of nitrogens with one attached hydrogen (secondary N) is 1. The maximum atomic E-state index is 12.0. The molecule has 0 spiro atoms. The predicted molar refractivity (Wildman–Crippen MR) is 279 cm³/mol. The average molecular weight is 1110 g/mol. The molecule has 434 valence electrons. The van der Waals surface area contributed by atoms with Crippen molar-refractivity contribution in [2.45, 2.75) is 210 Å². The van der Waals surface area contributed by atoms with E-state index in [0.717, 1.165) is 83.8 Å². The van der Waals surface area contributed by atoms with E-state index in [1.54, 1.807) is 39.8 Å². The fourth-order valence-electron chi connectivity index (χ4n) is 11.0. The topological polar surface area (TPSA) is 298 Å². The summed E-state index contributed by atoms with van der Waals surface area (Å²) in [6.07, 6.45) is 13.8. The number of ketones is 1. The molecule has 9 rings (SSSR count). The Hall–Kier alpha value is -4.75. The SMILES string of the molecule is C=C[C@@]1(C(=O)O)CCCN1C(=O)OC(C)(C)C.C=C[C@@]1(C(C)=O)CCCN1C(=O)OC(C)(C)C.C=C[C@@]12CCCN1[C@@H](C)OC2=O.C[C@H]1OC(=O)[C@@H]2CCCN12.C[C@H]1OC(=O)[C@]2(C=O)CCCN12.O=C(O)[C@@H]1CCCN1.[Na+].[OH-]. The van der Waals surface area contributed by atoms with E-state index >= 15 is 0 Å². The van der Waals surface area contributed by atoms with Gasteiger partial charge in [0, 0.05) is 32.7 Å². The van der Waals surface area contributed by atoms with Crippen molar-refractivity contribution in [2.75, 3.05) is 39.3 Å². The van der Waals surface area contributed by atoms with Crippen molar-refractivity contribution in [3.8, 4) is 0 Å². The number of aldehydes is 1. The van der Waals surface area contributed by atoms with E-state index in [0.29, 0.717) is 38.8 Å². The third-order valence-corrected chi connectivity index (χ3v) is 15.0. The molecular weight excluding hydrogens is 1030 g/mol. The van der Waals surface area contributed by atoms with Gasteiger partial charge in [-0.25, -0.2) is 33.8 Å². The van der Waals surface area contributed by atoms with Crippen molar-refractivity contribution in [3.05, 3.63) is 38.0 Å². The molecule has 0 saturated carbocycles. The van der Waals surface area contributed by atoms with Crippen LogP contribution in [0.5, 0.6) is 0 Å². The predicted octanol–water partition coefficient (Wildman–Crippen LogP) is 2.39. The molecule has 0 unspecified atom stereocenters. The van der Waals surface area contributed by atoms with Crippen molar-refractivity contribution in [1.29, 1.82) is 0 Å². The summed E-state index contributed by atoms with van der Waals surface area (Å²) < 4.78 is 25.7. The Labute approximate surface area is 481 Å². The Bertz CT molecular complexity index is 2080. The smallest absolute Gasteiger partial charge is 0.870 e. The first-order valence-corrected chi connectivity index (χ1v) is 26.5. The number of Topliss-reactive ketones (excluding diaryl/α,β-unsaturated/α-hetero) is 1. The third-order valence-electron chi connectivity index (χ3n) is 15.0. The quantitative estimate of drug-likeness (QED) is 0.0823. The Balaban J connectivity index is 0.000000323. The van der Waals surface area contributed by atoms with E-state index in [4.69, 9.17) is 28.8 Å². The van der Waals surface area contributed by atoms with Gasteiger partial charge in [0.2, 0.25) is 0 Å². The van der Waals surface area contributed by atoms with Gasteiger partial charge in [-0.05, 0) is 153 Å². The van der Waals surface area contributed by atoms with Crippen LogP contribution in [-0.4, -0.2) is 198 Å². The molecule has 0 aromatic heterocycles. The summed E-state index contributed by atoms with van der Waals surface area (Å²) in [6.45, 7) is 33.3. The van der Waals surface area contributed by atoms with Gasteiger partial charge >= 0.3 is 71.6 Å². The number of ether oxygens (including phenoxy) is 5. The average Bonchev–Trinajstić information content (AvgIpc) is 4.19. The van der Waals surface area contributed by atoms with Gasteiger partial charge in [0.1, 0.15) is 34.4 Å². The Morgan fingerprint density at radius 1 is 0.641 bits per heavy atom. The summed E-state index contributed by atoms with van der Waals surface area (Å²) in [5.41, 5.74) is -4.79. The zero-order valence-corrected chi connectivity index (χ0v) is 49.8. The third kappa shape index (κ3) is 15.6. The first kappa shape index (κ1) is 69.4. The van der Waals surface area contributed by atoms with Crippen molar-refractivity contribution < 1.29 is 112 Å². The Kier molecular flexibility index (Phi) is 25.4. The summed E-state index contributed by atoms with van der Waals surface area (Å²) in [4.78, 5) is 111. The van der Waals surface area contributed by atoms with Gasteiger partial charge in [0.15, 0.2) is 41.8 Å². The Morgan fingerprint density at radius 2 is 1.10 bits per heavy atom. The van der Waals surface area contributed by atoms with Crippen LogP contribution in [0.4, 0.5) is 9.59 Å². The van der Waals surface area contributed by atoms with Crippen molar-refractivity contribution in [2.24, 2.45) is 0 Å². The van der Waals surface area contributed by atoms with Gasteiger partial charge in [0.05, 0.1) is 0 Å². The van der Waals surface area contributed by atoms with Crippen LogP contribution >= 0.6 is 0 Å². The zero-order chi connectivity index (χ0) is 57.2. The maximum Gasteiger partial charge on any atom is 1.00 e. The van der Waals surface area contributed by atoms with Crippen LogP contribution in [-0.2, 0) is 57.2 Å². The van der Waals surface area contributed by atoms with Gasteiger partial charge in [-0.2, -0.15) is 0 Å². The monoisotopic (exact) mass is 1110 g/mol. The van der Waals surface area contributed by atoms with Crippen LogP contribution < -0.4 is 34.9 Å². The minimum Gasteiger partial charge on any atom is -0.870 e. The summed E-state index contributed by atoms with van der Waals surface area (Å²) >= 11 is 0. The number of esters is 3. The number of cyclic esters (lactones) is 3. The summed E-state index contributed by atoms with van der Waals surface area (Å²) in [5, 5.41) is 20.5. The fourth-order valence-corrected chi connectivity index (χ4v) is 11.0. The number of hydrogen-bond acceptors (Lipinski definition) is 19. The molecule has 9 aliphatic heterocycles. The molecule has 9 aliphatic rings. The molecule has 9 fully saturated rings. The maximum absolute atomic E-state index is 12.0. The molecular formula is C54H85N6NaO17. The van der Waals surface area contributed by atoms with Gasteiger partial charge in [-0.3, -0.25) is 29.1 Å². The molecule has 24 heteroatoms. The standard InChI is InChI=1S/C13H21NO3.C12H19NO4.C9H13NO2.C8H11NO3.C7H11NO2.C5H9NO2.Na.H2O/c1-6-13(10(2)15)8-7-9-14(13)11(16)17-12(3,4)5;1-5-12(9(14)15)7-6-8-13(12)10(16)17-11(2,3)4;1-3-9-5-4-6-10(9)7(2)12-8(9)11;1-6-9-4-2-3-8(9,5-10)7(11)12-6;1-5-8-4-2-3-6(8)7(9)10-5;7-5(8)4-2-1-3-6-4;;/h6H,1,7-9H2,2-5H3;5H,1,6-8H2,2-4H3,(H,14,15);3,7H,1,4-6H2,2H3;5-6H,2-4H2,1H3;5-6H,2-4H2,1H3;4,6H,1-3H2,(H,7,8);;1H2/q;;;;;;+1;/p-1/t13-;12-;7-,9+;6-,8-;5-,6+;4-;;/m001110../s1. The van der Waals surface area contributed by atoms with Gasteiger partial charge in [-0.1, -0.05) is 18.2 Å². The number of rotatable bonds is 7. The summed E-state index contributed by atoms with van der Waals surface area (Å²) in [6, 6.07) is -0.176. The van der Waals surface area contributed by atoms with Crippen molar-refractivity contribution in [3.63, 3.8) is 0 Å². The second-order valence-corrected chi connectivity index (χ2v) is 22.3. The second-order valence-electron chi connectivity index (χ2n) is 22.3. The van der Waals surface area contributed by atoms with Gasteiger partial charge in [0.25, 0.3) is 0 Å². The normalized spacial score (nSPS) is 31.4. The van der Waals surface area contributed by atoms with E-state index in [1.807, 2.05) is 39.5 Å². The van der Waals surface area contributed by atoms with Crippen molar-refractivity contribution in [1.82, 2.24) is 29.8 Å². The molecule has 0 bridgehead atoms. The first-order chi connectivity index (χ1) is 35.5. The first-order valence-electron chi connectivity index (χ1n) is 26.5. The number of carboxylic acids is 2. The summed E-state index contributed by atoms with van der Waals surface area (Å²) in [7, 11) is 0. The number of carboxylic acid groups (broad SMARTS) is 2. The number of nitrogens with zero attached hydrogens (tertiary/aromatic N) is 5. The molecule has 2 amide bonds. The van der Waals surface area contributed by atoms with Crippen LogP contribution in [0.2, 0.25) is 0 Å². The van der Waals surface area contributed by atoms with E-state index in [1.165, 1.54) is 22.8 Å². The van der Waals surface area contributed by atoms with E-state index in [2.05, 4.69) is 34.9 Å². The van der Waals surface area contributed by atoms with Crippen LogP contribution in [0, 0.1) is 0 Å².